The number of anilines is 1. The molecule has 0 aromatic carbocycles. The predicted molar refractivity (Wildman–Crippen MR) is 67.0 cm³/mol. The molecule has 4 rings (SSSR count). The van der Waals surface area contributed by atoms with Crippen molar-refractivity contribution in [2.24, 2.45) is 0 Å². The lowest BCUT2D eigenvalue weighted by molar-refractivity contribution is 0.0189. The average Bonchev–Trinajstić information content (AvgIpc) is 2.46. The Morgan fingerprint density at radius 3 is 2.72 bits per heavy atom. The molecular weight excluding hydrogens is 228 g/mol. The maximum absolute atomic E-state index is 8.95. The van der Waals surface area contributed by atoms with Gasteiger partial charge in [-0.2, -0.15) is 5.26 Å². The highest BCUT2D eigenvalue weighted by molar-refractivity contribution is 5.46. The first-order valence-corrected chi connectivity index (χ1v) is 6.28. The molecule has 4 heterocycles. The zero-order valence-electron chi connectivity index (χ0n) is 10.2. The van der Waals surface area contributed by atoms with Crippen molar-refractivity contribution in [3.05, 3.63) is 18.1 Å². The number of aromatic nitrogens is 2. The van der Waals surface area contributed by atoms with E-state index in [2.05, 4.69) is 31.2 Å². The maximum atomic E-state index is 8.95. The molecule has 18 heavy (non-hydrogen) atoms. The second-order valence-electron chi connectivity index (χ2n) is 4.74. The predicted octanol–water partition coefficient (Wildman–Crippen LogP) is -0.240. The van der Waals surface area contributed by atoms with Crippen LogP contribution in [0, 0.1) is 11.3 Å². The third kappa shape index (κ3) is 2.15. The van der Waals surface area contributed by atoms with Crippen LogP contribution in [0.4, 0.5) is 5.82 Å². The van der Waals surface area contributed by atoms with E-state index in [4.69, 9.17) is 5.26 Å². The van der Waals surface area contributed by atoms with E-state index >= 15 is 0 Å². The normalized spacial score (nSPS) is 29.8. The minimum atomic E-state index is 0.369. The first-order valence-electron chi connectivity index (χ1n) is 6.28. The van der Waals surface area contributed by atoms with Crippen molar-refractivity contribution >= 4 is 5.82 Å². The molecule has 0 spiro atoms. The quantitative estimate of drug-likeness (QED) is 0.791. The topological polar surface area (TPSA) is 68.1 Å². The number of hydrogen-bond donors (Lipinski definition) is 1. The molecule has 1 unspecified atom stereocenters. The Labute approximate surface area is 106 Å². The fraction of sp³-hybridized carbons (Fsp3) is 0.583. The highest BCUT2D eigenvalue weighted by Crippen LogP contribution is 2.16. The van der Waals surface area contributed by atoms with Crippen LogP contribution in [0.5, 0.6) is 0 Å². The van der Waals surface area contributed by atoms with Crippen LogP contribution in [0.3, 0.4) is 0 Å². The average molecular weight is 244 g/mol. The lowest BCUT2D eigenvalue weighted by Gasteiger charge is -2.47. The number of hydrogen-bond acceptors (Lipinski definition) is 6. The van der Waals surface area contributed by atoms with Gasteiger partial charge in [0.1, 0.15) is 6.07 Å². The van der Waals surface area contributed by atoms with E-state index in [1.807, 2.05) is 0 Å². The first-order chi connectivity index (χ1) is 8.86. The van der Waals surface area contributed by atoms with Gasteiger partial charge in [0.05, 0.1) is 0 Å². The Balaban J connectivity index is 1.63. The van der Waals surface area contributed by atoms with Gasteiger partial charge in [0.15, 0.2) is 11.5 Å². The van der Waals surface area contributed by atoms with Gasteiger partial charge >= 0.3 is 0 Å². The van der Waals surface area contributed by atoms with Gasteiger partial charge in [0.2, 0.25) is 0 Å². The molecule has 2 bridgehead atoms. The lowest BCUT2D eigenvalue weighted by atomic mass is 10.1. The third-order valence-electron chi connectivity index (χ3n) is 3.70. The maximum Gasteiger partial charge on any atom is 0.182 e. The van der Waals surface area contributed by atoms with E-state index in [9.17, 15) is 0 Å². The summed E-state index contributed by atoms with van der Waals surface area (Å²) in [4.78, 5) is 13.2. The van der Waals surface area contributed by atoms with Crippen molar-refractivity contribution < 1.29 is 0 Å². The second kappa shape index (κ2) is 4.88. The van der Waals surface area contributed by atoms with Crippen LogP contribution in [0.1, 0.15) is 5.69 Å². The Morgan fingerprint density at radius 1 is 1.28 bits per heavy atom. The van der Waals surface area contributed by atoms with Crippen molar-refractivity contribution in [2.75, 3.05) is 44.6 Å². The number of rotatable bonds is 3. The molecule has 6 heteroatoms. The molecule has 94 valence electrons. The fourth-order valence-electron chi connectivity index (χ4n) is 2.68. The van der Waals surface area contributed by atoms with Crippen molar-refractivity contribution in [2.45, 2.75) is 6.04 Å². The van der Waals surface area contributed by atoms with Crippen LogP contribution in [0.15, 0.2) is 12.4 Å². The summed E-state index contributed by atoms with van der Waals surface area (Å²) in [7, 11) is 0. The standard InChI is InChI=1S/C12H16N6/c13-7-11-12(15-2-1-14-11)16-8-10-9-17-3-5-18(10)6-4-17/h1-2,10H,3-6,8-9H2,(H,15,16). The van der Waals surface area contributed by atoms with Crippen LogP contribution in [-0.4, -0.2) is 65.1 Å². The molecule has 3 aliphatic rings. The molecule has 1 N–H and O–H groups in total. The van der Waals surface area contributed by atoms with Crippen LogP contribution < -0.4 is 5.32 Å². The summed E-state index contributed by atoms with van der Waals surface area (Å²) in [6.07, 6.45) is 3.15. The van der Waals surface area contributed by atoms with E-state index in [0.717, 1.165) is 26.2 Å². The van der Waals surface area contributed by atoms with Crippen molar-refractivity contribution in [3.63, 3.8) is 0 Å². The van der Waals surface area contributed by atoms with Gasteiger partial charge < -0.3 is 5.32 Å². The SMILES string of the molecule is N#Cc1nccnc1NCC1CN2CCN1CC2. The highest BCUT2D eigenvalue weighted by Gasteiger charge is 2.31. The van der Waals surface area contributed by atoms with Crippen LogP contribution in [-0.2, 0) is 0 Å². The number of nitrogens with zero attached hydrogens (tertiary/aromatic N) is 5. The van der Waals surface area contributed by atoms with Gasteiger partial charge in [0.25, 0.3) is 0 Å². The Morgan fingerprint density at radius 2 is 2.06 bits per heavy atom. The molecule has 0 radical (unpaired) electrons. The zero-order chi connectivity index (χ0) is 12.4. The summed E-state index contributed by atoms with van der Waals surface area (Å²) in [6, 6.07) is 2.57. The van der Waals surface area contributed by atoms with E-state index in [1.165, 1.54) is 13.1 Å². The zero-order valence-corrected chi connectivity index (χ0v) is 10.2. The molecule has 1 atom stereocenters. The number of nitrogens with one attached hydrogen (secondary N) is 1. The molecule has 3 fully saturated rings. The van der Waals surface area contributed by atoms with Crippen LogP contribution in [0.25, 0.3) is 0 Å². The molecule has 1 aromatic rings. The summed E-state index contributed by atoms with van der Waals surface area (Å²) in [5.41, 5.74) is 0.369. The summed E-state index contributed by atoms with van der Waals surface area (Å²) in [5.74, 6) is 0.595. The smallest absolute Gasteiger partial charge is 0.182 e. The van der Waals surface area contributed by atoms with Gasteiger partial charge in [-0.15, -0.1) is 0 Å². The summed E-state index contributed by atoms with van der Waals surface area (Å²) in [5, 5.41) is 12.2. The van der Waals surface area contributed by atoms with Crippen LogP contribution in [0.2, 0.25) is 0 Å². The molecule has 1 aromatic heterocycles. The molecule has 6 nitrogen and oxygen atoms in total. The summed E-state index contributed by atoms with van der Waals surface area (Å²) < 4.78 is 0. The van der Waals surface area contributed by atoms with Crippen LogP contribution >= 0.6 is 0 Å². The second-order valence-corrected chi connectivity index (χ2v) is 4.74. The number of piperazine rings is 3. The van der Waals surface area contributed by atoms with E-state index in [1.54, 1.807) is 12.4 Å². The van der Waals surface area contributed by atoms with Gasteiger partial charge in [-0.05, 0) is 0 Å². The molecular formula is C12H16N6. The first kappa shape index (κ1) is 11.4. The molecule has 0 saturated carbocycles. The van der Waals surface area contributed by atoms with Gasteiger partial charge in [-0.25, -0.2) is 9.97 Å². The van der Waals surface area contributed by atoms with Crippen molar-refractivity contribution in [1.82, 2.24) is 19.8 Å². The van der Waals surface area contributed by atoms with Gasteiger partial charge in [0, 0.05) is 57.7 Å². The Kier molecular flexibility index (Phi) is 3.09. The van der Waals surface area contributed by atoms with Gasteiger partial charge in [-0.1, -0.05) is 0 Å². The molecule has 0 aliphatic carbocycles. The number of nitriles is 1. The molecule has 0 amide bonds. The molecule has 3 saturated heterocycles. The summed E-state index contributed by atoms with van der Waals surface area (Å²) >= 11 is 0. The van der Waals surface area contributed by atoms with Gasteiger partial charge in [-0.3, -0.25) is 9.80 Å². The number of fused-ring (bicyclic) bond motifs is 3. The van der Waals surface area contributed by atoms with E-state index in [0.29, 0.717) is 17.6 Å². The minimum absolute atomic E-state index is 0.369. The summed E-state index contributed by atoms with van der Waals surface area (Å²) in [6.45, 7) is 6.60. The Bertz CT molecular complexity index is 460. The lowest BCUT2D eigenvalue weighted by Crippen LogP contribution is -2.62. The van der Waals surface area contributed by atoms with E-state index < -0.39 is 0 Å². The van der Waals surface area contributed by atoms with E-state index in [-0.39, 0.29) is 0 Å². The van der Waals surface area contributed by atoms with Crippen molar-refractivity contribution in [1.29, 1.82) is 5.26 Å². The Hall–Kier alpha value is -1.71. The fourth-order valence-corrected chi connectivity index (χ4v) is 2.68. The largest absolute Gasteiger partial charge is 0.366 e. The monoisotopic (exact) mass is 244 g/mol. The highest BCUT2D eigenvalue weighted by atomic mass is 15.3. The van der Waals surface area contributed by atoms with Crippen molar-refractivity contribution in [3.8, 4) is 6.07 Å². The minimum Gasteiger partial charge on any atom is -0.366 e. The third-order valence-corrected chi connectivity index (χ3v) is 3.70. The molecule has 3 aliphatic heterocycles.